The van der Waals surface area contributed by atoms with Gasteiger partial charge >= 0.3 is 0 Å². The van der Waals surface area contributed by atoms with Gasteiger partial charge in [0.2, 0.25) is 5.91 Å². The first-order chi connectivity index (χ1) is 5.29. The lowest BCUT2D eigenvalue weighted by Crippen LogP contribution is -2.11. The van der Waals surface area contributed by atoms with Gasteiger partial charge in [0.15, 0.2) is 0 Å². The molecule has 0 unspecified atom stereocenters. The molecule has 1 amide bonds. The van der Waals surface area contributed by atoms with E-state index in [0.29, 0.717) is 12.8 Å². The van der Waals surface area contributed by atoms with Crippen LogP contribution >= 0.6 is 0 Å². The van der Waals surface area contributed by atoms with Crippen LogP contribution in [0.5, 0.6) is 0 Å². The second kappa shape index (κ2) is 3.74. The van der Waals surface area contributed by atoms with E-state index in [1.807, 2.05) is 6.21 Å². The highest BCUT2D eigenvalue weighted by Gasteiger charge is 2.04. The third-order valence-corrected chi connectivity index (χ3v) is 1.49. The largest absolute Gasteiger partial charge is 0.370 e. The lowest BCUT2D eigenvalue weighted by molar-refractivity contribution is -0.117. The Bertz CT molecular complexity index is 247. The lowest BCUT2D eigenvalue weighted by Gasteiger charge is -1.93. The van der Waals surface area contributed by atoms with Crippen molar-refractivity contribution in [3.05, 3.63) is 11.6 Å². The van der Waals surface area contributed by atoms with Gasteiger partial charge < -0.3 is 5.73 Å². The van der Waals surface area contributed by atoms with Crippen LogP contribution in [-0.4, -0.2) is 18.3 Å². The maximum absolute atomic E-state index is 10.4. The Hall–Kier alpha value is -1.34. The topological polar surface area (TPSA) is 57.2 Å². The van der Waals surface area contributed by atoms with Crippen LogP contribution in [-0.2, 0) is 4.79 Å². The van der Waals surface area contributed by atoms with E-state index in [2.05, 4.69) is 10.7 Å². The van der Waals surface area contributed by atoms with E-state index in [4.69, 9.17) is 5.73 Å². The van der Waals surface area contributed by atoms with E-state index in [9.17, 15) is 4.79 Å². The van der Waals surface area contributed by atoms with E-state index in [-0.39, 0.29) is 5.91 Å². The zero-order chi connectivity index (χ0) is 8.10. The number of hydrogen-bond donors (Lipinski definition) is 1. The molecule has 0 atom stereocenters. The molecule has 0 aromatic rings. The van der Waals surface area contributed by atoms with Crippen LogP contribution in [0.2, 0.25) is 0 Å². The number of rotatable bonds is 3. The summed E-state index contributed by atoms with van der Waals surface area (Å²) >= 11 is 0. The Morgan fingerprint density at radius 2 is 2.55 bits per heavy atom. The molecule has 2 N–H and O–H groups in total. The maximum Gasteiger partial charge on any atom is 0.294 e. The summed E-state index contributed by atoms with van der Waals surface area (Å²) in [5.74, 6) is -0.256. The Kier molecular flexibility index (Phi) is 2.64. The van der Waals surface area contributed by atoms with Crippen LogP contribution < -0.4 is 10.4 Å². The summed E-state index contributed by atoms with van der Waals surface area (Å²) in [7, 11) is 0. The van der Waals surface area contributed by atoms with E-state index in [0.717, 1.165) is 12.0 Å². The van der Waals surface area contributed by atoms with Gasteiger partial charge in [-0.25, -0.2) is 0 Å². The van der Waals surface area contributed by atoms with Gasteiger partial charge in [-0.05, 0) is 6.42 Å². The smallest absolute Gasteiger partial charge is 0.294 e. The molecule has 3 nitrogen and oxygen atoms in total. The number of carbonyl (C=O) groups excluding carboxylic acids is 1. The highest BCUT2D eigenvalue weighted by Crippen LogP contribution is 2.02. The van der Waals surface area contributed by atoms with Gasteiger partial charge in [0.05, 0.1) is 6.42 Å². The fourth-order valence-corrected chi connectivity index (χ4v) is 0.900. The van der Waals surface area contributed by atoms with Gasteiger partial charge in [0.1, 0.15) is 0 Å². The molecule has 0 radical (unpaired) electrons. The molecular weight excluding hydrogens is 140 g/mol. The van der Waals surface area contributed by atoms with Gasteiger partial charge in [0.25, 0.3) is 12.4 Å². The average Bonchev–Trinajstić information content (AvgIpc) is 2.03. The standard InChI is InChI=1S/C8H10N2O/c9-8(11)4-3-7-2-1-5-10-6-7/h2,5-6H,1,3-4H2,(H-,9,11)/p+1. The number of allylic oxidation sites excluding steroid dienone is 2. The van der Waals surface area contributed by atoms with Crippen molar-refractivity contribution in [2.24, 2.45) is 5.73 Å². The zero-order valence-electron chi connectivity index (χ0n) is 6.29. The molecule has 3 heteroatoms. The third kappa shape index (κ3) is 2.83. The zero-order valence-corrected chi connectivity index (χ0v) is 6.29. The van der Waals surface area contributed by atoms with Crippen molar-refractivity contribution in [2.45, 2.75) is 19.3 Å². The third-order valence-electron chi connectivity index (χ3n) is 1.49. The van der Waals surface area contributed by atoms with Crippen molar-refractivity contribution in [1.82, 2.24) is 4.67 Å². The summed E-state index contributed by atoms with van der Waals surface area (Å²) < 4.78 is 3.97. The van der Waals surface area contributed by atoms with Crippen molar-refractivity contribution in [3.8, 4) is 0 Å². The Morgan fingerprint density at radius 3 is 3.09 bits per heavy atom. The minimum absolute atomic E-state index is 0.256. The first kappa shape index (κ1) is 7.76. The van der Waals surface area contributed by atoms with Crippen molar-refractivity contribution in [1.29, 1.82) is 0 Å². The summed E-state index contributed by atoms with van der Waals surface area (Å²) in [5.41, 5.74) is 6.09. The first-order valence-corrected chi connectivity index (χ1v) is 3.61. The highest BCUT2D eigenvalue weighted by atomic mass is 16.1. The second-order valence-electron chi connectivity index (χ2n) is 2.44. The molecule has 0 fully saturated rings. The molecule has 0 aliphatic carbocycles. The molecule has 1 aliphatic rings. The van der Waals surface area contributed by atoms with Gasteiger partial charge in [-0.2, -0.15) is 0 Å². The summed E-state index contributed by atoms with van der Waals surface area (Å²) in [5, 5.41) is 0. The average molecular weight is 151 g/mol. The van der Waals surface area contributed by atoms with Crippen LogP contribution in [0.3, 0.4) is 0 Å². The molecule has 11 heavy (non-hydrogen) atoms. The highest BCUT2D eigenvalue weighted by molar-refractivity contribution is 5.85. The van der Waals surface area contributed by atoms with Crippen LogP contribution in [0.25, 0.3) is 0 Å². The summed E-state index contributed by atoms with van der Waals surface area (Å²) in [4.78, 5) is 10.4. The van der Waals surface area contributed by atoms with E-state index in [1.165, 1.54) is 0 Å². The van der Waals surface area contributed by atoms with Crippen molar-refractivity contribution in [3.63, 3.8) is 0 Å². The minimum Gasteiger partial charge on any atom is -0.370 e. The molecule has 1 aliphatic heterocycles. The molecule has 0 aromatic carbocycles. The van der Waals surface area contributed by atoms with Gasteiger partial charge in [0, 0.05) is 12.0 Å². The van der Waals surface area contributed by atoms with Crippen molar-refractivity contribution >= 4 is 18.3 Å². The van der Waals surface area contributed by atoms with Crippen LogP contribution in [0, 0.1) is 0 Å². The van der Waals surface area contributed by atoms with Gasteiger partial charge in [-0.15, -0.1) is 4.67 Å². The molecule has 0 bridgehead atoms. The number of nitrogens with zero attached hydrogens (tertiary/aromatic N) is 1. The van der Waals surface area contributed by atoms with Crippen molar-refractivity contribution in [2.75, 3.05) is 0 Å². The van der Waals surface area contributed by atoms with E-state index >= 15 is 0 Å². The molecule has 0 saturated heterocycles. The Morgan fingerprint density at radius 1 is 1.73 bits per heavy atom. The summed E-state index contributed by atoms with van der Waals surface area (Å²) in [6.07, 6.45) is 7.64. The summed E-state index contributed by atoms with van der Waals surface area (Å²) in [6.45, 7) is 0. The molecule has 0 spiro atoms. The van der Waals surface area contributed by atoms with E-state index in [1.54, 1.807) is 6.21 Å². The number of nitrogens with two attached hydrogens (primary N) is 1. The predicted molar refractivity (Wildman–Crippen MR) is 45.4 cm³/mol. The molecule has 58 valence electrons. The Labute approximate surface area is 65.3 Å². The number of primary amides is 1. The fourth-order valence-electron chi connectivity index (χ4n) is 0.900. The first-order valence-electron chi connectivity index (χ1n) is 3.61. The maximum atomic E-state index is 10.4. The van der Waals surface area contributed by atoms with Crippen molar-refractivity contribution < 1.29 is 4.79 Å². The molecular formula is C8H11N2O+. The molecule has 1 heterocycles. The monoisotopic (exact) mass is 151 g/mol. The number of amides is 1. The lowest BCUT2D eigenvalue weighted by atomic mass is 10.1. The Balaban J connectivity index is 2.38. The normalized spacial score (nSPS) is 14.7. The minimum atomic E-state index is -0.256. The van der Waals surface area contributed by atoms with Crippen LogP contribution in [0.15, 0.2) is 11.6 Å². The second-order valence-corrected chi connectivity index (χ2v) is 2.44. The van der Waals surface area contributed by atoms with Gasteiger partial charge in [-0.1, -0.05) is 6.08 Å². The quantitative estimate of drug-likeness (QED) is 0.557. The van der Waals surface area contributed by atoms with E-state index < -0.39 is 0 Å². The molecule has 0 saturated carbocycles. The number of hydrogen-bond acceptors (Lipinski definition) is 1. The predicted octanol–water partition coefficient (Wildman–Crippen LogP) is -0.209. The van der Waals surface area contributed by atoms with Gasteiger partial charge in [-0.3, -0.25) is 4.79 Å². The van der Waals surface area contributed by atoms with Crippen LogP contribution in [0.4, 0.5) is 0 Å². The SMILES string of the molecule is NC(=O)CCC1=CCC=[N+]=C1. The molecule has 0 aromatic heterocycles. The number of carbonyl (C=O) groups is 1. The summed E-state index contributed by atoms with van der Waals surface area (Å²) in [6, 6.07) is 0. The fraction of sp³-hybridized carbons (Fsp3) is 0.375. The van der Waals surface area contributed by atoms with Crippen LogP contribution in [0.1, 0.15) is 19.3 Å². The molecule has 1 rings (SSSR count).